The van der Waals surface area contributed by atoms with Crippen LogP contribution in [0.3, 0.4) is 0 Å². The molecule has 1 aliphatic carbocycles. The molecule has 1 aliphatic rings. The Labute approximate surface area is 77.1 Å². The van der Waals surface area contributed by atoms with Gasteiger partial charge in [0, 0.05) is 0 Å². The molecule has 68 valence electrons. The number of rotatable bonds is 0. The van der Waals surface area contributed by atoms with E-state index in [0.717, 1.165) is 16.7 Å². The van der Waals surface area contributed by atoms with E-state index in [2.05, 4.69) is 0 Å². The Hall–Kier alpha value is -1.12. The number of aliphatic hydroxyl groups excluding tert-OH is 2. The van der Waals surface area contributed by atoms with Crippen LogP contribution in [-0.4, -0.2) is 16.3 Å². The molecule has 2 N–H and O–H groups in total. The summed E-state index contributed by atoms with van der Waals surface area (Å²) in [6, 6.07) is 5.82. The molecule has 13 heavy (non-hydrogen) atoms. The maximum atomic E-state index is 9.71. The Morgan fingerprint density at radius 3 is 2.77 bits per heavy atom. The molecule has 2 rings (SSSR count). The van der Waals surface area contributed by atoms with Crippen molar-refractivity contribution in [1.82, 2.24) is 0 Å². The van der Waals surface area contributed by atoms with Gasteiger partial charge in [-0.15, -0.1) is 0 Å². The quantitative estimate of drug-likeness (QED) is 0.627. The molecular weight excluding hydrogens is 164 g/mol. The van der Waals surface area contributed by atoms with Gasteiger partial charge in [0.25, 0.3) is 0 Å². The molecule has 0 aromatic heterocycles. The molecule has 2 atom stereocenters. The third-order valence-electron chi connectivity index (χ3n) is 2.45. The third-order valence-corrected chi connectivity index (χ3v) is 2.45. The highest BCUT2D eigenvalue weighted by Gasteiger charge is 2.23. The first-order chi connectivity index (χ1) is 6.20. The van der Waals surface area contributed by atoms with Crippen LogP contribution in [0.4, 0.5) is 0 Å². The monoisotopic (exact) mass is 176 g/mol. The zero-order chi connectivity index (χ0) is 9.42. The maximum Gasteiger partial charge on any atom is 0.109 e. The van der Waals surface area contributed by atoms with Crippen LogP contribution in [0.1, 0.15) is 22.8 Å². The second-order valence-electron chi connectivity index (χ2n) is 3.37. The van der Waals surface area contributed by atoms with E-state index in [1.807, 2.05) is 31.2 Å². The average Bonchev–Trinajstić information content (AvgIpc) is 2.12. The SMILES string of the molecule is Cc1cccc2c1[C@H](O)[C@@H](O)C=C2. The predicted molar refractivity (Wildman–Crippen MR) is 51.2 cm³/mol. The lowest BCUT2D eigenvalue weighted by atomic mass is 9.90. The van der Waals surface area contributed by atoms with Gasteiger partial charge in [-0.1, -0.05) is 30.4 Å². The molecule has 0 heterocycles. The smallest absolute Gasteiger partial charge is 0.109 e. The van der Waals surface area contributed by atoms with Crippen molar-refractivity contribution in [3.63, 3.8) is 0 Å². The fourth-order valence-electron chi connectivity index (χ4n) is 1.73. The first kappa shape index (κ1) is 8.48. The van der Waals surface area contributed by atoms with Gasteiger partial charge in [-0.25, -0.2) is 0 Å². The molecule has 0 saturated carbocycles. The standard InChI is InChI=1S/C11H12O2/c1-7-3-2-4-8-5-6-9(12)11(13)10(7)8/h2-6,9,11-13H,1H3/t9-,11+/m0/s1. The second kappa shape index (κ2) is 2.98. The van der Waals surface area contributed by atoms with Gasteiger partial charge in [-0.2, -0.15) is 0 Å². The zero-order valence-corrected chi connectivity index (χ0v) is 7.44. The minimum atomic E-state index is -0.777. The Kier molecular flexibility index (Phi) is 1.94. The number of aryl methyl sites for hydroxylation is 1. The van der Waals surface area contributed by atoms with Gasteiger partial charge in [0.15, 0.2) is 0 Å². The molecule has 0 bridgehead atoms. The topological polar surface area (TPSA) is 40.5 Å². The summed E-state index contributed by atoms with van der Waals surface area (Å²) in [7, 11) is 0. The van der Waals surface area contributed by atoms with E-state index in [9.17, 15) is 10.2 Å². The van der Waals surface area contributed by atoms with E-state index in [1.165, 1.54) is 0 Å². The van der Waals surface area contributed by atoms with Gasteiger partial charge in [-0.05, 0) is 23.6 Å². The predicted octanol–water partition coefficient (Wildman–Crippen LogP) is 1.42. The van der Waals surface area contributed by atoms with Crippen molar-refractivity contribution in [1.29, 1.82) is 0 Å². The lowest BCUT2D eigenvalue weighted by molar-refractivity contribution is 0.0466. The van der Waals surface area contributed by atoms with Crippen molar-refractivity contribution in [3.05, 3.63) is 41.0 Å². The van der Waals surface area contributed by atoms with Crippen LogP contribution in [-0.2, 0) is 0 Å². The molecule has 1 aromatic carbocycles. The molecular formula is C11H12O2. The number of fused-ring (bicyclic) bond motifs is 1. The van der Waals surface area contributed by atoms with Gasteiger partial charge < -0.3 is 10.2 Å². The third kappa shape index (κ3) is 1.28. The highest BCUT2D eigenvalue weighted by molar-refractivity contribution is 5.60. The van der Waals surface area contributed by atoms with Gasteiger partial charge >= 0.3 is 0 Å². The van der Waals surface area contributed by atoms with Crippen molar-refractivity contribution in [2.45, 2.75) is 19.1 Å². The van der Waals surface area contributed by atoms with Gasteiger partial charge in [0.2, 0.25) is 0 Å². The van der Waals surface area contributed by atoms with E-state index in [-0.39, 0.29) is 0 Å². The lowest BCUT2D eigenvalue weighted by Gasteiger charge is -2.23. The summed E-state index contributed by atoms with van der Waals surface area (Å²) < 4.78 is 0. The molecule has 0 unspecified atom stereocenters. The summed E-state index contributed by atoms with van der Waals surface area (Å²) in [4.78, 5) is 0. The molecule has 0 amide bonds. The summed E-state index contributed by atoms with van der Waals surface area (Å²) in [6.45, 7) is 1.94. The molecule has 0 fully saturated rings. The molecule has 0 aliphatic heterocycles. The minimum Gasteiger partial charge on any atom is -0.386 e. The van der Waals surface area contributed by atoms with Gasteiger partial charge in [0.1, 0.15) is 12.2 Å². The normalized spacial score (nSPS) is 25.8. The van der Waals surface area contributed by atoms with Crippen LogP contribution >= 0.6 is 0 Å². The van der Waals surface area contributed by atoms with Crippen LogP contribution in [0.15, 0.2) is 24.3 Å². The van der Waals surface area contributed by atoms with Crippen molar-refractivity contribution >= 4 is 6.08 Å². The molecule has 0 spiro atoms. The van der Waals surface area contributed by atoms with Crippen LogP contribution < -0.4 is 0 Å². The zero-order valence-electron chi connectivity index (χ0n) is 7.44. The van der Waals surface area contributed by atoms with Crippen molar-refractivity contribution in [2.24, 2.45) is 0 Å². The van der Waals surface area contributed by atoms with Gasteiger partial charge in [0.05, 0.1) is 0 Å². The van der Waals surface area contributed by atoms with Crippen molar-refractivity contribution < 1.29 is 10.2 Å². The fraction of sp³-hybridized carbons (Fsp3) is 0.273. The van der Waals surface area contributed by atoms with Crippen LogP contribution in [0, 0.1) is 6.92 Å². The molecule has 2 heteroatoms. The van der Waals surface area contributed by atoms with Crippen LogP contribution in [0.2, 0.25) is 0 Å². The summed E-state index contributed by atoms with van der Waals surface area (Å²) >= 11 is 0. The first-order valence-electron chi connectivity index (χ1n) is 4.34. The number of hydrogen-bond donors (Lipinski definition) is 2. The second-order valence-corrected chi connectivity index (χ2v) is 3.37. The summed E-state index contributed by atoms with van der Waals surface area (Å²) in [5, 5.41) is 19.1. The highest BCUT2D eigenvalue weighted by Crippen LogP contribution is 2.30. The van der Waals surface area contributed by atoms with E-state index in [4.69, 9.17) is 0 Å². The molecule has 0 radical (unpaired) electrons. The van der Waals surface area contributed by atoms with E-state index < -0.39 is 12.2 Å². The van der Waals surface area contributed by atoms with Crippen LogP contribution in [0.25, 0.3) is 6.08 Å². The number of aliphatic hydroxyl groups is 2. The van der Waals surface area contributed by atoms with Crippen molar-refractivity contribution in [3.8, 4) is 0 Å². The molecule has 1 aromatic rings. The average molecular weight is 176 g/mol. The minimum absolute atomic E-state index is 0.770. The van der Waals surface area contributed by atoms with E-state index >= 15 is 0 Å². The summed E-state index contributed by atoms with van der Waals surface area (Å²) in [6.07, 6.45) is 1.92. The molecule has 0 saturated heterocycles. The number of hydrogen-bond acceptors (Lipinski definition) is 2. The van der Waals surface area contributed by atoms with E-state index in [1.54, 1.807) is 6.08 Å². The Bertz CT molecular complexity index is 355. The van der Waals surface area contributed by atoms with E-state index in [0.29, 0.717) is 0 Å². The Balaban J connectivity index is 2.60. The summed E-state index contributed by atoms with van der Waals surface area (Å²) in [5.74, 6) is 0. The van der Waals surface area contributed by atoms with Gasteiger partial charge in [-0.3, -0.25) is 0 Å². The lowest BCUT2D eigenvalue weighted by Crippen LogP contribution is -2.20. The number of benzene rings is 1. The Morgan fingerprint density at radius 1 is 1.23 bits per heavy atom. The largest absolute Gasteiger partial charge is 0.386 e. The Morgan fingerprint density at radius 2 is 2.00 bits per heavy atom. The highest BCUT2D eigenvalue weighted by atomic mass is 16.3. The summed E-state index contributed by atoms with van der Waals surface area (Å²) in [5.41, 5.74) is 2.86. The van der Waals surface area contributed by atoms with Crippen LogP contribution in [0.5, 0.6) is 0 Å². The first-order valence-corrected chi connectivity index (χ1v) is 4.34. The maximum absolute atomic E-state index is 9.71. The molecule has 2 nitrogen and oxygen atoms in total. The van der Waals surface area contributed by atoms with Crippen molar-refractivity contribution in [2.75, 3.05) is 0 Å². The fourth-order valence-corrected chi connectivity index (χ4v) is 1.73.